The summed E-state index contributed by atoms with van der Waals surface area (Å²) in [6.07, 6.45) is 4.39. The lowest BCUT2D eigenvalue weighted by atomic mass is 10.0. The zero-order valence-corrected chi connectivity index (χ0v) is 29.0. The minimum absolute atomic E-state index is 0.284. The summed E-state index contributed by atoms with van der Waals surface area (Å²) in [4.78, 5) is 32.9. The summed E-state index contributed by atoms with van der Waals surface area (Å²) in [7, 11) is 0. The highest BCUT2D eigenvalue weighted by molar-refractivity contribution is 5.90. The van der Waals surface area contributed by atoms with Crippen molar-refractivity contribution in [2.75, 3.05) is 6.61 Å². The molecule has 250 valence electrons. The van der Waals surface area contributed by atoms with Gasteiger partial charge in [0.25, 0.3) is 0 Å². The molecule has 0 N–H and O–H groups in total. The van der Waals surface area contributed by atoms with Crippen molar-refractivity contribution in [3.8, 4) is 34.1 Å². The molecule has 0 aliphatic rings. The quantitative estimate of drug-likeness (QED) is 0.0486. The van der Waals surface area contributed by atoms with E-state index in [0.29, 0.717) is 46.5 Å². The van der Waals surface area contributed by atoms with Crippen molar-refractivity contribution in [3.05, 3.63) is 127 Å². The Labute approximate surface area is 280 Å². The van der Waals surface area contributed by atoms with E-state index < -0.39 is 11.9 Å². The number of carbonyl (C=O) groups excluding carboxylic acids is 3. The summed E-state index contributed by atoms with van der Waals surface area (Å²) in [5.41, 5.74) is 3.71. The first-order valence-corrected chi connectivity index (χ1v) is 15.3. The van der Waals surface area contributed by atoms with Gasteiger partial charge in [0.1, 0.15) is 41.7 Å². The molecule has 0 aliphatic carbocycles. The molecule has 0 spiro atoms. The van der Waals surface area contributed by atoms with Crippen molar-refractivity contribution in [1.82, 2.24) is 0 Å². The third-order valence-corrected chi connectivity index (χ3v) is 5.50. The van der Waals surface area contributed by atoms with Gasteiger partial charge in [-0.1, -0.05) is 84.4 Å². The number of esters is 2. The monoisotopic (exact) mass is 640 g/mol. The van der Waals surface area contributed by atoms with Crippen LogP contribution in [0, 0.1) is 0 Å². The van der Waals surface area contributed by atoms with Crippen LogP contribution in [-0.2, 0) is 14.4 Å². The van der Waals surface area contributed by atoms with Crippen LogP contribution in [0.5, 0.6) is 23.0 Å². The molecular formula is C40H48O7. The Balaban J connectivity index is 0.00000280. The molecular weight excluding hydrogens is 592 g/mol. The molecule has 0 bridgehead atoms. The Hall–Kier alpha value is -5.43. The second kappa shape index (κ2) is 23.0. The minimum Gasteiger partial charge on any atom is -0.490 e. The Kier molecular flexibility index (Phi) is 20.3. The first kappa shape index (κ1) is 41.6. The fourth-order valence-electron chi connectivity index (χ4n) is 3.19. The minimum atomic E-state index is -0.526. The molecule has 0 heterocycles. The highest BCUT2D eigenvalue weighted by atomic mass is 16.5. The molecule has 0 radical (unpaired) electrons. The summed E-state index contributed by atoms with van der Waals surface area (Å²) in [5, 5.41) is 0. The van der Waals surface area contributed by atoms with Crippen LogP contribution in [0.1, 0.15) is 61.0 Å². The number of carbonyl (C=O) groups is 3. The van der Waals surface area contributed by atoms with E-state index in [0.717, 1.165) is 23.0 Å². The van der Waals surface area contributed by atoms with Crippen molar-refractivity contribution in [1.29, 1.82) is 0 Å². The van der Waals surface area contributed by atoms with Crippen LogP contribution < -0.4 is 18.9 Å². The number of allylic oxidation sites excluding steroid dienone is 1. The fraction of sp³-hybridized carbons (Fsp3) is 0.225. The average Bonchev–Trinajstić information content (AvgIpc) is 3.06. The number of ether oxygens (including phenoxy) is 4. The molecule has 47 heavy (non-hydrogen) atoms. The summed E-state index contributed by atoms with van der Waals surface area (Å²) in [6.45, 7) is 29.6. The number of hydrogen-bond acceptors (Lipinski definition) is 7. The molecule has 0 atom stereocenters. The maximum atomic E-state index is 12.3. The standard InChI is InChI=1S/C34H32O6.C2H4O.2C2H6/c1-22(2)25(7)38-30-18-16-29(17-19-30)37-20-8-9-27-10-11-28(21-32(27)40-34(36)24(5)6)26-12-14-31(15-13-26)39-33(35)23(3)4;1-2-3;2*1-2/h8-19,21H,1,3,5,7,20H2,2,4,6H3;2H,1H3;2*1-2H3/b9-8+;;;. The molecule has 0 amide bonds. The van der Waals surface area contributed by atoms with E-state index in [4.69, 9.17) is 23.7 Å². The molecule has 7 nitrogen and oxygen atoms in total. The second-order valence-corrected chi connectivity index (χ2v) is 9.34. The van der Waals surface area contributed by atoms with Crippen molar-refractivity contribution in [2.45, 2.75) is 55.4 Å². The predicted octanol–water partition coefficient (Wildman–Crippen LogP) is 10.1. The molecule has 0 saturated heterocycles. The van der Waals surface area contributed by atoms with Gasteiger partial charge in [0, 0.05) is 16.7 Å². The van der Waals surface area contributed by atoms with Crippen molar-refractivity contribution in [3.63, 3.8) is 0 Å². The van der Waals surface area contributed by atoms with E-state index in [-0.39, 0.29) is 5.57 Å². The third kappa shape index (κ3) is 15.4. The highest BCUT2D eigenvalue weighted by Gasteiger charge is 2.12. The van der Waals surface area contributed by atoms with Gasteiger partial charge in [-0.05, 0) is 92.9 Å². The van der Waals surface area contributed by atoms with E-state index in [9.17, 15) is 9.59 Å². The van der Waals surface area contributed by atoms with Gasteiger partial charge in [0.15, 0.2) is 0 Å². The zero-order chi connectivity index (χ0) is 35.9. The van der Waals surface area contributed by atoms with Crippen LogP contribution in [0.2, 0.25) is 0 Å². The van der Waals surface area contributed by atoms with Crippen LogP contribution in [0.15, 0.2) is 122 Å². The maximum Gasteiger partial charge on any atom is 0.338 e. The molecule has 3 rings (SSSR count). The van der Waals surface area contributed by atoms with E-state index in [1.807, 2.05) is 71.0 Å². The van der Waals surface area contributed by atoms with Crippen LogP contribution in [0.4, 0.5) is 0 Å². The second-order valence-electron chi connectivity index (χ2n) is 9.34. The van der Waals surface area contributed by atoms with Gasteiger partial charge in [-0.3, -0.25) is 0 Å². The predicted molar refractivity (Wildman–Crippen MR) is 193 cm³/mol. The van der Waals surface area contributed by atoms with Gasteiger partial charge in [-0.15, -0.1) is 0 Å². The molecule has 0 aromatic heterocycles. The summed E-state index contributed by atoms with van der Waals surface area (Å²) in [6, 6.07) is 19.7. The lowest BCUT2D eigenvalue weighted by Crippen LogP contribution is -2.09. The van der Waals surface area contributed by atoms with E-state index >= 15 is 0 Å². The molecule has 0 aliphatic heterocycles. The van der Waals surface area contributed by atoms with E-state index in [1.165, 1.54) is 6.92 Å². The average molecular weight is 641 g/mol. The normalized spacial score (nSPS) is 9.45. The smallest absolute Gasteiger partial charge is 0.338 e. The lowest BCUT2D eigenvalue weighted by Gasteiger charge is -2.11. The van der Waals surface area contributed by atoms with Crippen molar-refractivity contribution in [2.24, 2.45) is 0 Å². The number of hydrogen-bond donors (Lipinski definition) is 0. The number of benzene rings is 3. The molecule has 0 saturated carbocycles. The Bertz CT molecular complexity index is 1530. The first-order valence-electron chi connectivity index (χ1n) is 15.3. The van der Waals surface area contributed by atoms with Gasteiger partial charge in [0.2, 0.25) is 0 Å². The third-order valence-electron chi connectivity index (χ3n) is 5.50. The van der Waals surface area contributed by atoms with E-state index in [2.05, 4.69) is 26.3 Å². The van der Waals surface area contributed by atoms with Gasteiger partial charge in [0.05, 0.1) is 0 Å². The summed E-state index contributed by atoms with van der Waals surface area (Å²) in [5.74, 6) is 1.58. The van der Waals surface area contributed by atoms with Crippen LogP contribution in [-0.4, -0.2) is 24.8 Å². The van der Waals surface area contributed by atoms with E-state index in [1.54, 1.807) is 56.3 Å². The van der Waals surface area contributed by atoms with Crippen molar-refractivity contribution >= 4 is 24.3 Å². The molecule has 3 aromatic rings. The fourth-order valence-corrected chi connectivity index (χ4v) is 3.19. The molecule has 7 heteroatoms. The highest BCUT2D eigenvalue weighted by Crippen LogP contribution is 2.30. The summed E-state index contributed by atoms with van der Waals surface area (Å²) >= 11 is 0. The molecule has 3 aromatic carbocycles. The molecule has 0 unspecified atom stereocenters. The SMILES string of the molecule is C=C(C)C(=C)Oc1ccc(OC/C=C/c2ccc(-c3ccc(OC(=O)C(=C)C)cc3)cc2OC(=O)C(=C)C)cc1.CC.CC.CC=O. The Morgan fingerprint density at radius 2 is 1.09 bits per heavy atom. The van der Waals surface area contributed by atoms with Gasteiger partial charge >= 0.3 is 11.9 Å². The Morgan fingerprint density at radius 1 is 0.638 bits per heavy atom. The van der Waals surface area contributed by atoms with Crippen molar-refractivity contribution < 1.29 is 33.3 Å². The largest absolute Gasteiger partial charge is 0.490 e. The molecule has 0 fully saturated rings. The maximum absolute atomic E-state index is 12.3. The number of rotatable bonds is 12. The van der Waals surface area contributed by atoms with Crippen LogP contribution >= 0.6 is 0 Å². The summed E-state index contributed by atoms with van der Waals surface area (Å²) < 4.78 is 22.3. The van der Waals surface area contributed by atoms with Gasteiger partial charge < -0.3 is 23.7 Å². The Morgan fingerprint density at radius 3 is 1.60 bits per heavy atom. The van der Waals surface area contributed by atoms with Gasteiger partial charge in [-0.25, -0.2) is 9.59 Å². The number of aldehydes is 1. The van der Waals surface area contributed by atoms with Crippen LogP contribution in [0.3, 0.4) is 0 Å². The lowest BCUT2D eigenvalue weighted by molar-refractivity contribution is -0.130. The first-order chi connectivity index (χ1) is 22.4. The topological polar surface area (TPSA) is 88.1 Å². The van der Waals surface area contributed by atoms with Gasteiger partial charge in [-0.2, -0.15) is 0 Å². The zero-order valence-electron chi connectivity index (χ0n) is 29.0. The van der Waals surface area contributed by atoms with Crippen LogP contribution in [0.25, 0.3) is 17.2 Å².